The van der Waals surface area contributed by atoms with Crippen LogP contribution in [-0.4, -0.2) is 26.2 Å². The molecule has 2 aromatic carbocycles. The number of hydrogen-bond donors (Lipinski definition) is 2. The Labute approximate surface area is 131 Å². The largest absolute Gasteiger partial charge is 0.394 e. The maximum absolute atomic E-state index is 12.4. The summed E-state index contributed by atoms with van der Waals surface area (Å²) >= 11 is 0. The number of aryl methyl sites for hydroxylation is 1. The van der Waals surface area contributed by atoms with Gasteiger partial charge in [-0.3, -0.25) is 0 Å². The van der Waals surface area contributed by atoms with Crippen molar-refractivity contribution in [3.63, 3.8) is 0 Å². The Morgan fingerprint density at radius 2 is 1.73 bits per heavy atom. The first-order valence-electron chi connectivity index (χ1n) is 6.88. The molecule has 0 amide bonds. The normalized spacial score (nSPS) is 12.8. The minimum Gasteiger partial charge on any atom is -0.394 e. The molecule has 22 heavy (non-hydrogen) atoms. The smallest absolute Gasteiger partial charge is 0.241 e. The third-order valence-corrected chi connectivity index (χ3v) is 4.86. The molecule has 5 heteroatoms. The van der Waals surface area contributed by atoms with E-state index < -0.39 is 16.1 Å². The van der Waals surface area contributed by atoms with Crippen molar-refractivity contribution >= 4 is 15.6 Å². The van der Waals surface area contributed by atoms with E-state index in [4.69, 9.17) is 0 Å². The molecule has 0 bridgehead atoms. The van der Waals surface area contributed by atoms with Gasteiger partial charge in [-0.2, -0.15) is 0 Å². The Balaban J connectivity index is 2.22. The van der Waals surface area contributed by atoms with Gasteiger partial charge < -0.3 is 5.11 Å². The van der Waals surface area contributed by atoms with Crippen LogP contribution in [0.5, 0.6) is 0 Å². The Kier molecular flexibility index (Phi) is 5.13. The van der Waals surface area contributed by atoms with Crippen LogP contribution in [0.1, 0.15) is 11.1 Å². The molecule has 0 fully saturated rings. The van der Waals surface area contributed by atoms with E-state index in [0.717, 1.165) is 11.1 Å². The molecule has 2 aromatic rings. The molecule has 116 valence electrons. The summed E-state index contributed by atoms with van der Waals surface area (Å²) in [5.74, 6) is 0. The fourth-order valence-electron chi connectivity index (χ4n) is 2.04. The summed E-state index contributed by atoms with van der Waals surface area (Å²) in [4.78, 5) is 0.164. The number of nitrogens with one attached hydrogen (secondary N) is 1. The Morgan fingerprint density at radius 3 is 2.27 bits per heavy atom. The maximum Gasteiger partial charge on any atom is 0.241 e. The Morgan fingerprint density at radius 1 is 1.14 bits per heavy atom. The second-order valence-corrected chi connectivity index (χ2v) is 6.77. The van der Waals surface area contributed by atoms with Crippen molar-refractivity contribution in [1.29, 1.82) is 0 Å². The van der Waals surface area contributed by atoms with Gasteiger partial charge in [-0.05, 0) is 30.2 Å². The van der Waals surface area contributed by atoms with Crippen LogP contribution < -0.4 is 4.72 Å². The third-order valence-electron chi connectivity index (χ3n) is 3.38. The van der Waals surface area contributed by atoms with E-state index >= 15 is 0 Å². The molecule has 1 atom stereocenters. The van der Waals surface area contributed by atoms with Crippen LogP contribution in [-0.2, 0) is 10.0 Å². The highest BCUT2D eigenvalue weighted by molar-refractivity contribution is 7.89. The summed E-state index contributed by atoms with van der Waals surface area (Å²) in [6, 6.07) is 15.0. The number of aliphatic hydroxyl groups is 1. The van der Waals surface area contributed by atoms with Crippen LogP contribution in [0.3, 0.4) is 0 Å². The molecule has 0 aliphatic rings. The molecule has 0 saturated carbocycles. The minimum atomic E-state index is -3.71. The van der Waals surface area contributed by atoms with E-state index in [-0.39, 0.29) is 11.5 Å². The van der Waals surface area contributed by atoms with Gasteiger partial charge in [0.15, 0.2) is 0 Å². The highest BCUT2D eigenvalue weighted by atomic mass is 32.2. The predicted molar refractivity (Wildman–Crippen MR) is 87.9 cm³/mol. The van der Waals surface area contributed by atoms with Crippen LogP contribution in [0.4, 0.5) is 0 Å². The average molecular weight is 317 g/mol. The Bertz CT molecular complexity index is 737. The van der Waals surface area contributed by atoms with E-state index in [9.17, 15) is 13.5 Å². The lowest BCUT2D eigenvalue weighted by Crippen LogP contribution is -2.38. The van der Waals surface area contributed by atoms with Gasteiger partial charge >= 0.3 is 0 Å². The topological polar surface area (TPSA) is 66.4 Å². The average Bonchev–Trinajstić information content (AvgIpc) is 2.53. The van der Waals surface area contributed by atoms with Gasteiger partial charge in [0.25, 0.3) is 0 Å². The summed E-state index contributed by atoms with van der Waals surface area (Å²) in [5, 5.41) is 9.52. The van der Waals surface area contributed by atoms with Crippen molar-refractivity contribution in [2.24, 2.45) is 0 Å². The molecular formula is C17H19NO3S. The predicted octanol–water partition coefficient (Wildman–Crippen LogP) is 2.35. The molecule has 2 rings (SSSR count). The van der Waals surface area contributed by atoms with Crippen molar-refractivity contribution in [3.05, 3.63) is 72.3 Å². The first-order chi connectivity index (χ1) is 10.4. The Hall–Kier alpha value is -1.95. The second kappa shape index (κ2) is 6.87. The van der Waals surface area contributed by atoms with Crippen LogP contribution in [0, 0.1) is 6.92 Å². The van der Waals surface area contributed by atoms with Crippen molar-refractivity contribution in [2.75, 3.05) is 6.61 Å². The minimum absolute atomic E-state index is 0.164. The molecule has 0 saturated heterocycles. The van der Waals surface area contributed by atoms with Gasteiger partial charge in [0.2, 0.25) is 10.0 Å². The van der Waals surface area contributed by atoms with Gasteiger partial charge in [0, 0.05) is 0 Å². The monoisotopic (exact) mass is 317 g/mol. The summed E-state index contributed by atoms with van der Waals surface area (Å²) in [6.45, 7) is 5.43. The van der Waals surface area contributed by atoms with Gasteiger partial charge in [-0.15, -0.1) is 0 Å². The van der Waals surface area contributed by atoms with E-state index in [1.165, 1.54) is 12.1 Å². The van der Waals surface area contributed by atoms with Crippen molar-refractivity contribution in [2.45, 2.75) is 17.9 Å². The maximum atomic E-state index is 12.4. The molecule has 1 unspecified atom stereocenters. The van der Waals surface area contributed by atoms with Crippen molar-refractivity contribution in [3.8, 4) is 0 Å². The zero-order valence-corrected chi connectivity index (χ0v) is 13.2. The van der Waals surface area contributed by atoms with Crippen LogP contribution in [0.15, 0.2) is 66.1 Å². The number of rotatable bonds is 6. The number of hydrogen-bond acceptors (Lipinski definition) is 3. The van der Waals surface area contributed by atoms with Crippen LogP contribution in [0.2, 0.25) is 0 Å². The molecule has 2 N–H and O–H groups in total. The molecule has 0 radical (unpaired) electrons. The molecule has 4 nitrogen and oxygen atoms in total. The number of sulfonamides is 1. The van der Waals surface area contributed by atoms with E-state index in [1.807, 2.05) is 37.3 Å². The lowest BCUT2D eigenvalue weighted by molar-refractivity contribution is 0.280. The third kappa shape index (κ3) is 3.82. The lowest BCUT2D eigenvalue weighted by atomic mass is 10.0. The molecule has 0 heterocycles. The van der Waals surface area contributed by atoms with Gasteiger partial charge in [-0.25, -0.2) is 13.1 Å². The zero-order chi connectivity index (χ0) is 16.2. The molecule has 0 spiro atoms. The van der Waals surface area contributed by atoms with Crippen LogP contribution in [0.25, 0.3) is 5.57 Å². The van der Waals surface area contributed by atoms with Gasteiger partial charge in [0.1, 0.15) is 0 Å². The quantitative estimate of drug-likeness (QED) is 0.859. The summed E-state index contributed by atoms with van der Waals surface area (Å²) in [5.41, 5.74) is 2.29. The molecule has 0 aliphatic heterocycles. The van der Waals surface area contributed by atoms with Crippen molar-refractivity contribution in [1.82, 2.24) is 4.72 Å². The fraction of sp³-hybridized carbons (Fsp3) is 0.176. The van der Waals surface area contributed by atoms with E-state index in [0.29, 0.717) is 5.57 Å². The summed E-state index contributed by atoms with van der Waals surface area (Å²) < 4.78 is 27.3. The lowest BCUT2D eigenvalue weighted by Gasteiger charge is -2.19. The SMILES string of the molecule is C=C(c1ccccc1)C(CO)NS(=O)(=O)c1ccc(C)cc1. The summed E-state index contributed by atoms with van der Waals surface area (Å²) in [7, 11) is -3.71. The molecule has 0 aliphatic carbocycles. The standard InChI is InChI=1S/C17H19NO3S/c1-13-8-10-16(11-9-13)22(20,21)18-17(12-19)14(2)15-6-4-3-5-7-15/h3-11,17-19H,2,12H2,1H3. The van der Waals surface area contributed by atoms with E-state index in [2.05, 4.69) is 11.3 Å². The number of benzene rings is 2. The van der Waals surface area contributed by atoms with Gasteiger partial charge in [-0.1, -0.05) is 54.6 Å². The molecular weight excluding hydrogens is 298 g/mol. The van der Waals surface area contributed by atoms with Crippen LogP contribution >= 0.6 is 0 Å². The first-order valence-corrected chi connectivity index (χ1v) is 8.36. The first kappa shape index (κ1) is 16.4. The highest BCUT2D eigenvalue weighted by Gasteiger charge is 2.22. The summed E-state index contributed by atoms with van der Waals surface area (Å²) in [6.07, 6.45) is 0. The second-order valence-electron chi connectivity index (χ2n) is 5.06. The fourth-order valence-corrected chi connectivity index (χ4v) is 3.27. The van der Waals surface area contributed by atoms with Gasteiger partial charge in [0.05, 0.1) is 17.5 Å². The van der Waals surface area contributed by atoms with E-state index in [1.54, 1.807) is 12.1 Å². The highest BCUT2D eigenvalue weighted by Crippen LogP contribution is 2.18. The van der Waals surface area contributed by atoms with Crippen molar-refractivity contribution < 1.29 is 13.5 Å². The molecule has 0 aromatic heterocycles. The number of aliphatic hydroxyl groups excluding tert-OH is 1. The zero-order valence-electron chi connectivity index (χ0n) is 12.4.